The Balaban J connectivity index is 2.28. The van der Waals surface area contributed by atoms with E-state index < -0.39 is 6.04 Å². The molecule has 0 fully saturated rings. The summed E-state index contributed by atoms with van der Waals surface area (Å²) >= 11 is 1.48. The molecule has 1 aromatic carbocycles. The molecule has 0 spiro atoms. The lowest BCUT2D eigenvalue weighted by Gasteiger charge is -2.06. The summed E-state index contributed by atoms with van der Waals surface area (Å²) in [6.07, 6.45) is 0.222. The number of aromatic nitrogens is 1. The lowest BCUT2D eigenvalue weighted by molar-refractivity contribution is 0.604. The molecule has 3 nitrogen and oxygen atoms in total. The number of aryl methyl sites for hydroxylation is 1. The third-order valence-electron chi connectivity index (χ3n) is 2.52. The third kappa shape index (κ3) is 2.73. The molecule has 1 heterocycles. The minimum Gasteiger partial charge on any atom is -0.316 e. The summed E-state index contributed by atoms with van der Waals surface area (Å²) < 4.78 is 13.9. The van der Waals surface area contributed by atoms with Crippen LogP contribution >= 0.6 is 11.3 Å². The summed E-state index contributed by atoms with van der Waals surface area (Å²) in [5.41, 5.74) is 7.62. The number of thiazole rings is 1. The van der Waals surface area contributed by atoms with Gasteiger partial charge in [-0.15, -0.1) is 11.3 Å². The average Bonchev–Trinajstić information content (AvgIpc) is 2.78. The fraction of sp³-hybridized carbons (Fsp3) is 0.231. The number of nitriles is 1. The number of halogens is 1. The Labute approximate surface area is 109 Å². The number of benzene rings is 1. The van der Waals surface area contributed by atoms with E-state index in [1.807, 2.05) is 18.4 Å². The van der Waals surface area contributed by atoms with E-state index in [2.05, 4.69) is 4.98 Å². The first kappa shape index (κ1) is 12.7. The average molecular weight is 261 g/mol. The molecule has 0 bridgehead atoms. The Kier molecular flexibility index (Phi) is 3.70. The highest BCUT2D eigenvalue weighted by Crippen LogP contribution is 2.25. The molecule has 92 valence electrons. The van der Waals surface area contributed by atoms with Gasteiger partial charge in [0.05, 0.1) is 12.1 Å². The van der Waals surface area contributed by atoms with Crippen LogP contribution in [-0.2, 0) is 6.42 Å². The summed E-state index contributed by atoms with van der Waals surface area (Å²) in [5, 5.41) is 11.3. The minimum atomic E-state index is -0.674. The van der Waals surface area contributed by atoms with Crippen molar-refractivity contribution in [3.05, 3.63) is 40.7 Å². The van der Waals surface area contributed by atoms with Gasteiger partial charge in [0.15, 0.2) is 0 Å². The van der Waals surface area contributed by atoms with Gasteiger partial charge in [0.25, 0.3) is 0 Å². The van der Waals surface area contributed by atoms with Crippen LogP contribution in [0.25, 0.3) is 10.6 Å². The van der Waals surface area contributed by atoms with Crippen molar-refractivity contribution in [1.82, 2.24) is 4.98 Å². The van der Waals surface area contributed by atoms with Crippen molar-refractivity contribution in [3.63, 3.8) is 0 Å². The summed E-state index contributed by atoms with van der Waals surface area (Å²) in [5.74, 6) is -0.342. The van der Waals surface area contributed by atoms with Crippen molar-refractivity contribution in [2.24, 2.45) is 5.73 Å². The zero-order valence-electron chi connectivity index (χ0n) is 9.85. The highest BCUT2D eigenvalue weighted by Gasteiger charge is 2.10. The van der Waals surface area contributed by atoms with E-state index in [0.717, 1.165) is 16.3 Å². The second kappa shape index (κ2) is 5.25. The van der Waals surface area contributed by atoms with Crippen LogP contribution in [0.4, 0.5) is 4.39 Å². The predicted molar refractivity (Wildman–Crippen MR) is 69.5 cm³/mol. The van der Waals surface area contributed by atoms with E-state index in [9.17, 15) is 4.39 Å². The molecule has 2 aromatic rings. The Morgan fingerprint density at radius 3 is 2.89 bits per heavy atom. The molecular formula is C13H12FN3S. The smallest absolute Gasteiger partial charge is 0.127 e. The fourth-order valence-corrected chi connectivity index (χ4v) is 2.41. The number of nitrogens with zero attached hydrogens (tertiary/aromatic N) is 2. The first-order valence-electron chi connectivity index (χ1n) is 5.46. The lowest BCUT2D eigenvalue weighted by atomic mass is 10.0. The molecule has 0 saturated heterocycles. The standard InChI is InChI=1S/C13H12FN3S/c1-8-7-18-13(17-8)10-3-2-9(12(14)5-10)4-11(16)6-15/h2-3,5,7,11H,4,16H2,1H3/t11-/m0/s1. The molecular weight excluding hydrogens is 249 g/mol. The van der Waals surface area contributed by atoms with Crippen molar-refractivity contribution in [1.29, 1.82) is 5.26 Å². The second-order valence-electron chi connectivity index (χ2n) is 4.04. The van der Waals surface area contributed by atoms with Gasteiger partial charge in [-0.2, -0.15) is 5.26 Å². The first-order chi connectivity index (χ1) is 8.60. The number of hydrogen-bond acceptors (Lipinski definition) is 4. The van der Waals surface area contributed by atoms with Crippen LogP contribution in [0.1, 0.15) is 11.3 Å². The monoisotopic (exact) mass is 261 g/mol. The Bertz CT molecular complexity index is 601. The Morgan fingerprint density at radius 1 is 1.56 bits per heavy atom. The zero-order chi connectivity index (χ0) is 13.1. The van der Waals surface area contributed by atoms with Crippen molar-refractivity contribution in [3.8, 4) is 16.6 Å². The van der Waals surface area contributed by atoms with Crippen LogP contribution in [0.15, 0.2) is 23.6 Å². The highest BCUT2D eigenvalue weighted by atomic mass is 32.1. The molecule has 0 unspecified atom stereocenters. The Hall–Kier alpha value is -1.77. The van der Waals surface area contributed by atoms with E-state index in [-0.39, 0.29) is 12.2 Å². The van der Waals surface area contributed by atoms with Crippen molar-refractivity contribution in [2.45, 2.75) is 19.4 Å². The van der Waals surface area contributed by atoms with Gasteiger partial charge in [0, 0.05) is 23.1 Å². The normalized spacial score (nSPS) is 12.1. The van der Waals surface area contributed by atoms with Crippen LogP contribution in [0.5, 0.6) is 0 Å². The molecule has 18 heavy (non-hydrogen) atoms. The van der Waals surface area contributed by atoms with Crippen LogP contribution in [0.3, 0.4) is 0 Å². The second-order valence-corrected chi connectivity index (χ2v) is 4.90. The highest BCUT2D eigenvalue weighted by molar-refractivity contribution is 7.13. The van der Waals surface area contributed by atoms with Gasteiger partial charge in [-0.25, -0.2) is 9.37 Å². The SMILES string of the molecule is Cc1csc(-c2ccc(C[C@H](N)C#N)c(F)c2)n1. The van der Waals surface area contributed by atoms with E-state index in [0.29, 0.717) is 5.56 Å². The van der Waals surface area contributed by atoms with Crippen molar-refractivity contribution >= 4 is 11.3 Å². The van der Waals surface area contributed by atoms with Gasteiger partial charge in [-0.05, 0) is 18.6 Å². The zero-order valence-corrected chi connectivity index (χ0v) is 10.7. The van der Waals surface area contributed by atoms with Crippen LogP contribution in [-0.4, -0.2) is 11.0 Å². The Morgan fingerprint density at radius 2 is 2.33 bits per heavy atom. The summed E-state index contributed by atoms with van der Waals surface area (Å²) in [6.45, 7) is 1.90. The van der Waals surface area contributed by atoms with Crippen molar-refractivity contribution < 1.29 is 4.39 Å². The number of hydrogen-bond donors (Lipinski definition) is 1. The molecule has 0 aliphatic rings. The largest absolute Gasteiger partial charge is 0.316 e. The van der Waals surface area contributed by atoms with Crippen LogP contribution in [0.2, 0.25) is 0 Å². The maximum Gasteiger partial charge on any atom is 0.127 e. The topological polar surface area (TPSA) is 62.7 Å². The number of nitrogens with two attached hydrogens (primary N) is 1. The molecule has 2 rings (SSSR count). The van der Waals surface area contributed by atoms with E-state index in [1.54, 1.807) is 12.1 Å². The third-order valence-corrected chi connectivity index (χ3v) is 3.53. The van der Waals surface area contributed by atoms with Crippen LogP contribution < -0.4 is 5.73 Å². The maximum absolute atomic E-state index is 13.9. The molecule has 2 N–H and O–H groups in total. The number of rotatable bonds is 3. The molecule has 0 amide bonds. The predicted octanol–water partition coefficient (Wildman–Crippen LogP) is 2.65. The molecule has 5 heteroatoms. The summed E-state index contributed by atoms with van der Waals surface area (Å²) in [6, 6.07) is 6.13. The van der Waals surface area contributed by atoms with Gasteiger partial charge in [0.2, 0.25) is 0 Å². The molecule has 1 atom stereocenters. The summed E-state index contributed by atoms with van der Waals surface area (Å²) in [4.78, 5) is 4.30. The van der Waals surface area contributed by atoms with E-state index in [4.69, 9.17) is 11.0 Å². The van der Waals surface area contributed by atoms with Crippen LogP contribution in [0, 0.1) is 24.1 Å². The minimum absolute atomic E-state index is 0.222. The quantitative estimate of drug-likeness (QED) is 0.923. The lowest BCUT2D eigenvalue weighted by Crippen LogP contribution is -2.20. The van der Waals surface area contributed by atoms with Gasteiger partial charge >= 0.3 is 0 Å². The maximum atomic E-state index is 13.9. The molecule has 0 saturated carbocycles. The molecule has 1 aromatic heterocycles. The first-order valence-corrected chi connectivity index (χ1v) is 6.34. The van der Waals surface area contributed by atoms with Gasteiger partial charge in [0.1, 0.15) is 10.8 Å². The van der Waals surface area contributed by atoms with E-state index >= 15 is 0 Å². The molecule has 0 aliphatic heterocycles. The summed E-state index contributed by atoms with van der Waals surface area (Å²) in [7, 11) is 0. The molecule has 0 radical (unpaired) electrons. The molecule has 0 aliphatic carbocycles. The van der Waals surface area contributed by atoms with Crippen molar-refractivity contribution in [2.75, 3.05) is 0 Å². The van der Waals surface area contributed by atoms with Gasteiger partial charge in [-0.1, -0.05) is 12.1 Å². The van der Waals surface area contributed by atoms with Gasteiger partial charge in [-0.3, -0.25) is 0 Å². The van der Waals surface area contributed by atoms with E-state index in [1.165, 1.54) is 17.4 Å². The van der Waals surface area contributed by atoms with Gasteiger partial charge < -0.3 is 5.73 Å². The fourth-order valence-electron chi connectivity index (χ4n) is 1.62.